The molecule has 2 aliphatic rings. The number of hydrogen-bond donors (Lipinski definition) is 1. The van der Waals surface area contributed by atoms with Crippen LogP contribution in [-0.4, -0.2) is 37.8 Å². The van der Waals surface area contributed by atoms with Gasteiger partial charge in [0.05, 0.1) is 25.0 Å². The van der Waals surface area contributed by atoms with Crippen molar-refractivity contribution < 1.29 is 9.13 Å². The van der Waals surface area contributed by atoms with Crippen molar-refractivity contribution in [3.05, 3.63) is 71.0 Å². The van der Waals surface area contributed by atoms with Crippen LogP contribution >= 0.6 is 0 Å². The largest absolute Gasteiger partial charge is 0.371 e. The van der Waals surface area contributed by atoms with Gasteiger partial charge in [0, 0.05) is 18.7 Å². The number of nitrogens with one attached hydrogen (secondary N) is 1. The van der Waals surface area contributed by atoms with Gasteiger partial charge in [-0.1, -0.05) is 36.4 Å². The summed E-state index contributed by atoms with van der Waals surface area (Å²) in [5.74, 6) is 0.483. The topological polar surface area (TPSA) is 46.0 Å². The van der Waals surface area contributed by atoms with E-state index in [1.54, 1.807) is 12.1 Å². The lowest BCUT2D eigenvalue weighted by atomic mass is 10.1. The SMILES string of the molecule is Fc1ccc(C2=NC(c3ccc([C@H]4CNCCO4)cc3)=NC2)cc1. The summed E-state index contributed by atoms with van der Waals surface area (Å²) in [6.07, 6.45) is 0.108. The first-order valence-corrected chi connectivity index (χ1v) is 8.10. The third-order valence-electron chi connectivity index (χ3n) is 4.27. The van der Waals surface area contributed by atoms with Crippen molar-refractivity contribution in [1.82, 2.24) is 5.32 Å². The standard InChI is InChI=1S/C19H18FN3O/c20-16-7-5-13(6-8-16)17-11-22-19(23-17)15-3-1-14(2-4-15)18-12-21-9-10-24-18/h1-8,18,21H,9-12H2/t18-/m1/s1. The highest BCUT2D eigenvalue weighted by atomic mass is 19.1. The molecule has 2 aromatic carbocycles. The maximum absolute atomic E-state index is 13.0. The number of nitrogens with zero attached hydrogens (tertiary/aromatic N) is 2. The molecule has 1 saturated heterocycles. The second-order valence-corrected chi connectivity index (χ2v) is 5.89. The summed E-state index contributed by atoms with van der Waals surface area (Å²) in [6.45, 7) is 3.02. The molecule has 0 radical (unpaired) electrons. The highest BCUT2D eigenvalue weighted by molar-refractivity contribution is 6.17. The van der Waals surface area contributed by atoms with Gasteiger partial charge >= 0.3 is 0 Å². The Kier molecular flexibility index (Phi) is 4.19. The number of ether oxygens (including phenoxy) is 1. The molecule has 4 nitrogen and oxygen atoms in total. The van der Waals surface area contributed by atoms with Gasteiger partial charge in [-0.3, -0.25) is 4.99 Å². The molecule has 4 rings (SSSR count). The van der Waals surface area contributed by atoms with E-state index in [0.717, 1.165) is 47.9 Å². The van der Waals surface area contributed by atoms with Crippen LogP contribution in [0.25, 0.3) is 0 Å². The normalized spacial score (nSPS) is 20.6. The molecule has 2 aromatic rings. The Morgan fingerprint density at radius 2 is 1.75 bits per heavy atom. The van der Waals surface area contributed by atoms with E-state index in [-0.39, 0.29) is 11.9 Å². The van der Waals surface area contributed by atoms with Crippen molar-refractivity contribution in [3.8, 4) is 0 Å². The van der Waals surface area contributed by atoms with Crippen LogP contribution in [0, 0.1) is 5.82 Å². The Balaban J connectivity index is 1.50. The molecule has 2 aliphatic heterocycles. The Morgan fingerprint density at radius 3 is 2.46 bits per heavy atom. The zero-order valence-corrected chi connectivity index (χ0v) is 13.2. The maximum atomic E-state index is 13.0. The van der Waals surface area contributed by atoms with Gasteiger partial charge in [0.1, 0.15) is 5.82 Å². The van der Waals surface area contributed by atoms with Gasteiger partial charge in [-0.05, 0) is 23.3 Å². The summed E-state index contributed by atoms with van der Waals surface area (Å²) in [4.78, 5) is 9.10. The Bertz CT molecular complexity index is 775. The Hall–Kier alpha value is -2.37. The Morgan fingerprint density at radius 1 is 1.00 bits per heavy atom. The minimum atomic E-state index is -0.242. The Labute approximate surface area is 140 Å². The number of halogens is 1. The number of morpholine rings is 1. The number of aliphatic imine (C=N–C) groups is 2. The second kappa shape index (κ2) is 6.63. The van der Waals surface area contributed by atoms with Gasteiger partial charge in [0.25, 0.3) is 0 Å². The molecular formula is C19H18FN3O. The van der Waals surface area contributed by atoms with Gasteiger partial charge in [-0.25, -0.2) is 9.38 Å². The van der Waals surface area contributed by atoms with Crippen LogP contribution in [0.4, 0.5) is 4.39 Å². The zero-order chi connectivity index (χ0) is 16.4. The lowest BCUT2D eigenvalue weighted by molar-refractivity contribution is 0.0277. The van der Waals surface area contributed by atoms with Crippen LogP contribution in [0.1, 0.15) is 22.8 Å². The fraction of sp³-hybridized carbons (Fsp3) is 0.263. The lowest BCUT2D eigenvalue weighted by Gasteiger charge is -2.24. The van der Waals surface area contributed by atoms with Gasteiger partial charge in [-0.2, -0.15) is 0 Å². The fourth-order valence-electron chi connectivity index (χ4n) is 2.93. The van der Waals surface area contributed by atoms with Crippen LogP contribution in [0.5, 0.6) is 0 Å². The van der Waals surface area contributed by atoms with Crippen molar-refractivity contribution in [2.75, 3.05) is 26.2 Å². The first-order valence-electron chi connectivity index (χ1n) is 8.10. The summed E-state index contributed by atoms with van der Waals surface area (Å²) in [7, 11) is 0. The number of hydrogen-bond acceptors (Lipinski definition) is 4. The predicted octanol–water partition coefficient (Wildman–Crippen LogP) is 2.74. The van der Waals surface area contributed by atoms with Gasteiger partial charge < -0.3 is 10.1 Å². The van der Waals surface area contributed by atoms with E-state index in [2.05, 4.69) is 27.4 Å². The van der Waals surface area contributed by atoms with Crippen LogP contribution < -0.4 is 5.32 Å². The van der Waals surface area contributed by atoms with E-state index in [1.807, 2.05) is 12.1 Å². The molecule has 0 saturated carbocycles. The van der Waals surface area contributed by atoms with Crippen LogP contribution in [0.15, 0.2) is 58.5 Å². The van der Waals surface area contributed by atoms with Gasteiger partial charge in [0.2, 0.25) is 0 Å². The highest BCUT2D eigenvalue weighted by Gasteiger charge is 2.17. The quantitative estimate of drug-likeness (QED) is 0.944. The molecular weight excluding hydrogens is 305 g/mol. The molecule has 1 atom stereocenters. The van der Waals surface area contributed by atoms with Crippen molar-refractivity contribution in [1.29, 1.82) is 0 Å². The third kappa shape index (κ3) is 3.13. The third-order valence-corrected chi connectivity index (χ3v) is 4.27. The molecule has 0 aliphatic carbocycles. The molecule has 1 fully saturated rings. The number of amidine groups is 1. The smallest absolute Gasteiger partial charge is 0.155 e. The fourth-order valence-corrected chi connectivity index (χ4v) is 2.93. The zero-order valence-electron chi connectivity index (χ0n) is 13.2. The van der Waals surface area contributed by atoms with Crippen molar-refractivity contribution in [2.45, 2.75) is 6.10 Å². The molecule has 0 amide bonds. The van der Waals surface area contributed by atoms with E-state index in [4.69, 9.17) is 4.74 Å². The molecule has 0 bridgehead atoms. The highest BCUT2D eigenvalue weighted by Crippen LogP contribution is 2.20. The molecule has 1 N–H and O–H groups in total. The van der Waals surface area contributed by atoms with Crippen molar-refractivity contribution >= 4 is 11.5 Å². The summed E-state index contributed by atoms with van der Waals surface area (Å²) < 4.78 is 18.8. The monoisotopic (exact) mass is 323 g/mol. The maximum Gasteiger partial charge on any atom is 0.155 e. The summed E-state index contributed by atoms with van der Waals surface area (Å²) in [6, 6.07) is 14.6. The number of benzene rings is 2. The minimum Gasteiger partial charge on any atom is -0.371 e. The first kappa shape index (κ1) is 15.2. The molecule has 0 unspecified atom stereocenters. The van der Waals surface area contributed by atoms with E-state index >= 15 is 0 Å². The number of rotatable bonds is 3. The summed E-state index contributed by atoms with van der Waals surface area (Å²) in [5, 5.41) is 3.33. The average Bonchev–Trinajstić information content (AvgIpc) is 3.13. The van der Waals surface area contributed by atoms with Crippen LogP contribution in [0.2, 0.25) is 0 Å². The first-order chi connectivity index (χ1) is 11.8. The van der Waals surface area contributed by atoms with Crippen molar-refractivity contribution in [2.24, 2.45) is 9.98 Å². The molecule has 24 heavy (non-hydrogen) atoms. The molecule has 0 aromatic heterocycles. The van der Waals surface area contributed by atoms with E-state index in [1.165, 1.54) is 12.1 Å². The summed E-state index contributed by atoms with van der Waals surface area (Å²) >= 11 is 0. The molecule has 122 valence electrons. The molecule has 5 heteroatoms. The van der Waals surface area contributed by atoms with Crippen molar-refractivity contribution in [3.63, 3.8) is 0 Å². The predicted molar refractivity (Wildman–Crippen MR) is 92.3 cm³/mol. The van der Waals surface area contributed by atoms with Crippen LogP contribution in [-0.2, 0) is 4.74 Å². The van der Waals surface area contributed by atoms with Gasteiger partial charge in [0.15, 0.2) is 5.84 Å². The van der Waals surface area contributed by atoms with E-state index in [0.29, 0.717) is 6.54 Å². The summed E-state index contributed by atoms with van der Waals surface area (Å²) in [5.41, 5.74) is 3.93. The lowest BCUT2D eigenvalue weighted by Crippen LogP contribution is -2.33. The second-order valence-electron chi connectivity index (χ2n) is 5.89. The van der Waals surface area contributed by atoms with Gasteiger partial charge in [-0.15, -0.1) is 0 Å². The minimum absolute atomic E-state index is 0.108. The van der Waals surface area contributed by atoms with E-state index < -0.39 is 0 Å². The van der Waals surface area contributed by atoms with Crippen LogP contribution in [0.3, 0.4) is 0 Å². The van der Waals surface area contributed by atoms with E-state index in [9.17, 15) is 4.39 Å². The average molecular weight is 323 g/mol. The molecule has 0 spiro atoms. The molecule has 2 heterocycles.